The molecule has 6 nitrogen and oxygen atoms in total. The quantitative estimate of drug-likeness (QED) is 0.428. The maximum atomic E-state index is 11.9. The lowest BCUT2D eigenvalue weighted by Crippen LogP contribution is -2.13. The largest absolute Gasteiger partial charge is 0.487 e. The number of hydrogen-bond donors (Lipinski definition) is 1. The highest BCUT2D eigenvalue weighted by Gasteiger charge is 2.13. The molecule has 0 spiro atoms. The van der Waals surface area contributed by atoms with Crippen LogP contribution in [0.2, 0.25) is 0 Å². The third kappa shape index (κ3) is 5.06. The smallest absolute Gasteiger partial charge is 0.310 e. The normalized spacial score (nSPS) is 10.2. The molecule has 0 radical (unpaired) electrons. The van der Waals surface area contributed by atoms with Gasteiger partial charge in [0.1, 0.15) is 0 Å². The number of ether oxygens (including phenoxy) is 1. The average Bonchev–Trinajstić information content (AvgIpc) is 2.55. The third-order valence-electron chi connectivity index (χ3n) is 3.31. The Kier molecular flexibility index (Phi) is 6.31. The van der Waals surface area contributed by atoms with Crippen LogP contribution in [0.15, 0.2) is 46.9 Å². The summed E-state index contributed by atoms with van der Waals surface area (Å²) in [5.74, 6) is 0.0920. The molecular formula is C17H17BrN2O4. The van der Waals surface area contributed by atoms with E-state index in [4.69, 9.17) is 4.74 Å². The number of halogens is 1. The zero-order valence-electron chi connectivity index (χ0n) is 13.1. The van der Waals surface area contributed by atoms with E-state index in [0.717, 1.165) is 15.7 Å². The predicted molar refractivity (Wildman–Crippen MR) is 95.3 cm³/mol. The van der Waals surface area contributed by atoms with Gasteiger partial charge in [0.25, 0.3) is 0 Å². The Morgan fingerprint density at radius 2 is 2.04 bits per heavy atom. The summed E-state index contributed by atoms with van der Waals surface area (Å²) in [4.78, 5) is 22.3. The Labute approximate surface area is 148 Å². The second-order valence-electron chi connectivity index (χ2n) is 5.19. The molecule has 0 aliphatic rings. The van der Waals surface area contributed by atoms with Gasteiger partial charge in [0.05, 0.1) is 11.5 Å². The molecule has 7 heteroatoms. The summed E-state index contributed by atoms with van der Waals surface area (Å²) >= 11 is 3.41. The lowest BCUT2D eigenvalue weighted by atomic mass is 10.2. The standard InChI is InChI=1S/C17H17BrN2O4/c1-12-11-13(8-9-14(12)18)19-17(21)7-4-10-24-16-6-3-2-5-15(16)20(22)23/h2-3,5-6,8-9,11H,4,7,10H2,1H3,(H,19,21). The van der Waals surface area contributed by atoms with Crippen LogP contribution >= 0.6 is 15.9 Å². The fourth-order valence-corrected chi connectivity index (χ4v) is 2.34. The van der Waals surface area contributed by atoms with Crippen molar-refractivity contribution >= 4 is 33.2 Å². The molecule has 0 saturated carbocycles. The molecule has 0 atom stereocenters. The molecule has 1 N–H and O–H groups in total. The number of nitrogens with one attached hydrogen (secondary N) is 1. The first-order valence-electron chi connectivity index (χ1n) is 7.39. The Morgan fingerprint density at radius 1 is 1.29 bits per heavy atom. The minimum atomic E-state index is -0.488. The number of benzene rings is 2. The van der Waals surface area contributed by atoms with E-state index in [9.17, 15) is 14.9 Å². The maximum Gasteiger partial charge on any atom is 0.310 e. The highest BCUT2D eigenvalue weighted by molar-refractivity contribution is 9.10. The fraction of sp³-hybridized carbons (Fsp3) is 0.235. The van der Waals surface area contributed by atoms with Crippen LogP contribution in [0.5, 0.6) is 5.75 Å². The van der Waals surface area contributed by atoms with Crippen LogP contribution < -0.4 is 10.1 Å². The van der Waals surface area contributed by atoms with Crippen molar-refractivity contribution in [3.8, 4) is 5.75 Å². The second kappa shape index (κ2) is 8.44. The number of nitrogens with zero attached hydrogens (tertiary/aromatic N) is 1. The van der Waals surface area contributed by atoms with Gasteiger partial charge in [-0.25, -0.2) is 0 Å². The van der Waals surface area contributed by atoms with E-state index < -0.39 is 4.92 Å². The molecule has 0 bridgehead atoms. The zero-order chi connectivity index (χ0) is 17.5. The van der Waals surface area contributed by atoms with Crippen molar-refractivity contribution in [1.29, 1.82) is 0 Å². The number of hydrogen-bond acceptors (Lipinski definition) is 4. The van der Waals surface area contributed by atoms with Crippen LogP contribution in [0.25, 0.3) is 0 Å². The molecule has 2 aromatic rings. The van der Waals surface area contributed by atoms with E-state index in [-0.39, 0.29) is 30.4 Å². The number of nitro groups is 1. The summed E-state index contributed by atoms with van der Waals surface area (Å²) in [6.45, 7) is 2.18. The Balaban J connectivity index is 1.79. The fourth-order valence-electron chi connectivity index (χ4n) is 2.09. The number of carbonyl (C=O) groups excluding carboxylic acids is 1. The van der Waals surface area contributed by atoms with Gasteiger partial charge in [-0.3, -0.25) is 14.9 Å². The first kappa shape index (κ1) is 17.9. The summed E-state index contributed by atoms with van der Waals surface area (Å²) in [6, 6.07) is 11.8. The molecule has 1 amide bonds. The van der Waals surface area contributed by atoms with Gasteiger partial charge in [-0.1, -0.05) is 28.1 Å². The molecular weight excluding hydrogens is 376 g/mol. The zero-order valence-corrected chi connectivity index (χ0v) is 14.7. The van der Waals surface area contributed by atoms with Gasteiger partial charge in [0, 0.05) is 22.6 Å². The Hall–Kier alpha value is -2.41. The molecule has 0 aliphatic carbocycles. The maximum absolute atomic E-state index is 11.9. The SMILES string of the molecule is Cc1cc(NC(=O)CCCOc2ccccc2[N+](=O)[O-])ccc1Br. The van der Waals surface area contributed by atoms with Crippen LogP contribution in [-0.2, 0) is 4.79 Å². The van der Waals surface area contributed by atoms with Crippen molar-refractivity contribution < 1.29 is 14.5 Å². The topological polar surface area (TPSA) is 81.5 Å². The van der Waals surface area contributed by atoms with Gasteiger partial charge in [-0.2, -0.15) is 0 Å². The highest BCUT2D eigenvalue weighted by Crippen LogP contribution is 2.26. The number of carbonyl (C=O) groups is 1. The lowest BCUT2D eigenvalue weighted by Gasteiger charge is -2.08. The number of para-hydroxylation sites is 2. The number of anilines is 1. The monoisotopic (exact) mass is 392 g/mol. The highest BCUT2D eigenvalue weighted by atomic mass is 79.9. The lowest BCUT2D eigenvalue weighted by molar-refractivity contribution is -0.385. The number of aryl methyl sites for hydroxylation is 1. The molecule has 126 valence electrons. The average molecular weight is 393 g/mol. The van der Waals surface area contributed by atoms with E-state index in [0.29, 0.717) is 6.42 Å². The second-order valence-corrected chi connectivity index (χ2v) is 6.04. The molecule has 0 heterocycles. The van der Waals surface area contributed by atoms with Crippen LogP contribution in [0, 0.1) is 17.0 Å². The van der Waals surface area contributed by atoms with Gasteiger partial charge >= 0.3 is 5.69 Å². The first-order valence-corrected chi connectivity index (χ1v) is 8.19. The van der Waals surface area contributed by atoms with Crippen molar-refractivity contribution in [3.63, 3.8) is 0 Å². The molecule has 0 unspecified atom stereocenters. The van der Waals surface area contributed by atoms with Crippen LogP contribution in [0.3, 0.4) is 0 Å². The van der Waals surface area contributed by atoms with Crippen molar-refractivity contribution in [3.05, 3.63) is 62.6 Å². The Morgan fingerprint density at radius 3 is 2.75 bits per heavy atom. The molecule has 2 rings (SSSR count). The van der Waals surface area contributed by atoms with Crippen molar-refractivity contribution in [2.24, 2.45) is 0 Å². The summed E-state index contributed by atoms with van der Waals surface area (Å²) in [7, 11) is 0. The van der Waals surface area contributed by atoms with Crippen LogP contribution in [0.4, 0.5) is 11.4 Å². The number of nitro benzene ring substituents is 1. The molecule has 0 saturated heterocycles. The van der Waals surface area contributed by atoms with Gasteiger partial charge in [-0.05, 0) is 43.2 Å². The number of rotatable bonds is 7. The van der Waals surface area contributed by atoms with Crippen molar-refractivity contribution in [2.45, 2.75) is 19.8 Å². The van der Waals surface area contributed by atoms with E-state index in [1.165, 1.54) is 6.07 Å². The minimum Gasteiger partial charge on any atom is -0.487 e. The first-order chi connectivity index (χ1) is 11.5. The van der Waals surface area contributed by atoms with Crippen molar-refractivity contribution in [2.75, 3.05) is 11.9 Å². The molecule has 0 aliphatic heterocycles. The number of amides is 1. The van der Waals surface area contributed by atoms with E-state index >= 15 is 0 Å². The Bertz CT molecular complexity index is 749. The van der Waals surface area contributed by atoms with E-state index in [2.05, 4.69) is 21.2 Å². The van der Waals surface area contributed by atoms with Gasteiger partial charge in [-0.15, -0.1) is 0 Å². The van der Waals surface area contributed by atoms with E-state index in [1.54, 1.807) is 18.2 Å². The molecule has 0 fully saturated rings. The minimum absolute atomic E-state index is 0.0766. The molecule has 24 heavy (non-hydrogen) atoms. The van der Waals surface area contributed by atoms with E-state index in [1.807, 2.05) is 25.1 Å². The third-order valence-corrected chi connectivity index (χ3v) is 4.20. The van der Waals surface area contributed by atoms with Crippen molar-refractivity contribution in [1.82, 2.24) is 0 Å². The predicted octanol–water partition coefficient (Wildman–Crippen LogP) is 4.46. The van der Waals surface area contributed by atoms with Gasteiger partial charge in [0.2, 0.25) is 5.91 Å². The van der Waals surface area contributed by atoms with Gasteiger partial charge < -0.3 is 10.1 Å². The molecule has 2 aromatic carbocycles. The molecule has 0 aromatic heterocycles. The van der Waals surface area contributed by atoms with Gasteiger partial charge in [0.15, 0.2) is 5.75 Å². The summed E-state index contributed by atoms with van der Waals surface area (Å²) < 4.78 is 6.39. The van der Waals surface area contributed by atoms with Crippen LogP contribution in [-0.4, -0.2) is 17.4 Å². The summed E-state index contributed by atoms with van der Waals surface area (Å²) in [6.07, 6.45) is 0.739. The summed E-state index contributed by atoms with van der Waals surface area (Å²) in [5.41, 5.74) is 1.69. The van der Waals surface area contributed by atoms with Crippen LogP contribution in [0.1, 0.15) is 18.4 Å². The summed E-state index contributed by atoms with van der Waals surface area (Å²) in [5, 5.41) is 13.7.